The zero-order chi connectivity index (χ0) is 12.6. The number of hydrogen-bond acceptors (Lipinski definition) is 3. The van der Waals surface area contributed by atoms with Crippen molar-refractivity contribution < 1.29 is 8.42 Å². The van der Waals surface area contributed by atoms with Gasteiger partial charge in [-0.05, 0) is 25.5 Å². The molecule has 0 aliphatic heterocycles. The summed E-state index contributed by atoms with van der Waals surface area (Å²) in [5.74, 6) is 0. The largest absolute Gasteiger partial charge is 0.323 e. The lowest BCUT2D eigenvalue weighted by Gasteiger charge is -2.30. The van der Waals surface area contributed by atoms with E-state index < -0.39 is 20.6 Å². The van der Waals surface area contributed by atoms with Crippen molar-refractivity contribution in [2.24, 2.45) is 5.73 Å². The van der Waals surface area contributed by atoms with Crippen LogP contribution in [0.5, 0.6) is 0 Å². The highest BCUT2D eigenvalue weighted by Crippen LogP contribution is 2.33. The van der Waals surface area contributed by atoms with Crippen molar-refractivity contribution in [2.45, 2.75) is 24.6 Å². The minimum atomic E-state index is -3.25. The van der Waals surface area contributed by atoms with Gasteiger partial charge in [0.25, 0.3) is 0 Å². The molecule has 0 aliphatic rings. The SMILES string of the molecule is CC(C)(C(N)c1ccccc1Cl)S(C)(=O)=O. The lowest BCUT2D eigenvalue weighted by molar-refractivity contribution is 0.496. The highest BCUT2D eigenvalue weighted by Gasteiger charge is 2.38. The summed E-state index contributed by atoms with van der Waals surface area (Å²) in [4.78, 5) is 0. The highest BCUT2D eigenvalue weighted by molar-refractivity contribution is 7.92. The molecule has 0 radical (unpaired) electrons. The molecule has 0 bridgehead atoms. The molecule has 0 saturated heterocycles. The number of sulfone groups is 1. The molecule has 0 aromatic heterocycles. The first-order valence-corrected chi connectivity index (χ1v) is 7.14. The lowest BCUT2D eigenvalue weighted by atomic mass is 9.96. The first-order chi connectivity index (χ1) is 7.18. The molecule has 0 amide bonds. The summed E-state index contributed by atoms with van der Waals surface area (Å²) >= 11 is 6.00. The van der Waals surface area contributed by atoms with E-state index in [1.807, 2.05) is 0 Å². The Balaban J connectivity index is 3.23. The van der Waals surface area contributed by atoms with E-state index in [1.165, 1.54) is 6.26 Å². The summed E-state index contributed by atoms with van der Waals surface area (Å²) < 4.78 is 22.3. The third-order valence-corrected chi connectivity index (χ3v) is 5.45. The Morgan fingerprint density at radius 1 is 1.31 bits per heavy atom. The van der Waals surface area contributed by atoms with E-state index in [4.69, 9.17) is 17.3 Å². The maximum absolute atomic E-state index is 11.7. The van der Waals surface area contributed by atoms with E-state index in [2.05, 4.69) is 0 Å². The van der Waals surface area contributed by atoms with Crippen molar-refractivity contribution in [3.63, 3.8) is 0 Å². The fourth-order valence-electron chi connectivity index (χ4n) is 1.33. The Hall–Kier alpha value is -0.580. The van der Waals surface area contributed by atoms with Gasteiger partial charge in [0, 0.05) is 11.3 Å². The van der Waals surface area contributed by atoms with Crippen molar-refractivity contribution in [3.05, 3.63) is 34.9 Å². The van der Waals surface area contributed by atoms with Crippen molar-refractivity contribution in [1.82, 2.24) is 0 Å². The molecule has 5 heteroatoms. The Morgan fingerprint density at radius 2 is 1.81 bits per heavy atom. The van der Waals surface area contributed by atoms with Gasteiger partial charge in [-0.1, -0.05) is 29.8 Å². The van der Waals surface area contributed by atoms with Gasteiger partial charge in [0.15, 0.2) is 9.84 Å². The molecule has 1 unspecified atom stereocenters. The van der Waals surface area contributed by atoms with Crippen LogP contribution in [-0.2, 0) is 9.84 Å². The maximum atomic E-state index is 11.7. The summed E-state index contributed by atoms with van der Waals surface area (Å²) in [6, 6.07) is 6.39. The van der Waals surface area contributed by atoms with E-state index in [0.717, 1.165) is 0 Å². The lowest BCUT2D eigenvalue weighted by Crippen LogP contribution is -2.42. The Morgan fingerprint density at radius 3 is 2.25 bits per heavy atom. The van der Waals surface area contributed by atoms with Crippen LogP contribution in [0.2, 0.25) is 5.02 Å². The van der Waals surface area contributed by atoms with Gasteiger partial charge in [-0.25, -0.2) is 8.42 Å². The molecule has 0 fully saturated rings. The second-order valence-corrected chi connectivity index (χ2v) is 7.38. The molecular formula is C11H16ClNO2S. The third kappa shape index (κ3) is 2.39. The Bertz CT molecular complexity index is 483. The smallest absolute Gasteiger partial charge is 0.154 e. The fourth-order valence-corrected chi connectivity index (χ4v) is 2.17. The van der Waals surface area contributed by atoms with Crippen LogP contribution in [0.25, 0.3) is 0 Å². The van der Waals surface area contributed by atoms with Gasteiger partial charge < -0.3 is 5.73 Å². The topological polar surface area (TPSA) is 60.2 Å². The van der Waals surface area contributed by atoms with Crippen molar-refractivity contribution in [1.29, 1.82) is 0 Å². The average Bonchev–Trinajstić information content (AvgIpc) is 2.15. The van der Waals surface area contributed by atoms with Crippen LogP contribution in [-0.4, -0.2) is 19.4 Å². The molecule has 0 saturated carbocycles. The van der Waals surface area contributed by atoms with E-state index in [0.29, 0.717) is 10.6 Å². The molecule has 1 rings (SSSR count). The van der Waals surface area contributed by atoms with Crippen LogP contribution in [0.4, 0.5) is 0 Å². The standard InChI is InChI=1S/C11H16ClNO2S/c1-11(2,16(3,14)15)10(13)8-6-4-5-7-9(8)12/h4-7,10H,13H2,1-3H3. The highest BCUT2D eigenvalue weighted by atomic mass is 35.5. The Kier molecular flexibility index (Phi) is 3.67. The van der Waals surface area contributed by atoms with Crippen molar-refractivity contribution >= 4 is 21.4 Å². The molecule has 1 atom stereocenters. The zero-order valence-corrected chi connectivity index (χ0v) is 11.1. The molecule has 16 heavy (non-hydrogen) atoms. The van der Waals surface area contributed by atoms with Crippen LogP contribution in [0.15, 0.2) is 24.3 Å². The molecule has 90 valence electrons. The predicted molar refractivity (Wildman–Crippen MR) is 67.3 cm³/mol. The minimum Gasteiger partial charge on any atom is -0.323 e. The summed E-state index contributed by atoms with van der Waals surface area (Å²) in [5.41, 5.74) is 6.65. The van der Waals surface area contributed by atoms with E-state index in [9.17, 15) is 8.42 Å². The van der Waals surface area contributed by atoms with Crippen LogP contribution >= 0.6 is 11.6 Å². The van der Waals surface area contributed by atoms with E-state index >= 15 is 0 Å². The third-order valence-electron chi connectivity index (χ3n) is 2.94. The number of nitrogens with two attached hydrogens (primary N) is 1. The van der Waals surface area contributed by atoms with Gasteiger partial charge in [-0.15, -0.1) is 0 Å². The minimum absolute atomic E-state index is 0.492. The van der Waals surface area contributed by atoms with Crippen LogP contribution in [0.1, 0.15) is 25.5 Å². The molecule has 3 nitrogen and oxygen atoms in total. The summed E-state index contributed by atoms with van der Waals surface area (Å²) in [7, 11) is -3.25. The monoisotopic (exact) mass is 261 g/mol. The van der Waals surface area contributed by atoms with E-state index in [1.54, 1.807) is 38.1 Å². The number of halogens is 1. The van der Waals surface area contributed by atoms with Crippen molar-refractivity contribution in [3.8, 4) is 0 Å². The first-order valence-electron chi connectivity index (χ1n) is 4.87. The van der Waals surface area contributed by atoms with Gasteiger partial charge in [0.05, 0.1) is 10.8 Å². The fraction of sp³-hybridized carbons (Fsp3) is 0.455. The maximum Gasteiger partial charge on any atom is 0.154 e. The van der Waals surface area contributed by atoms with E-state index in [-0.39, 0.29) is 0 Å². The van der Waals surface area contributed by atoms with Crippen molar-refractivity contribution in [2.75, 3.05) is 6.26 Å². The second-order valence-electron chi connectivity index (χ2n) is 4.37. The zero-order valence-electron chi connectivity index (χ0n) is 9.57. The van der Waals surface area contributed by atoms with Gasteiger partial charge in [-0.2, -0.15) is 0 Å². The summed E-state index contributed by atoms with van der Waals surface area (Å²) in [6.45, 7) is 3.21. The van der Waals surface area contributed by atoms with Crippen LogP contribution in [0, 0.1) is 0 Å². The van der Waals surface area contributed by atoms with Gasteiger partial charge in [0.1, 0.15) is 0 Å². The molecule has 2 N–H and O–H groups in total. The quantitative estimate of drug-likeness (QED) is 0.907. The average molecular weight is 262 g/mol. The molecule has 1 aromatic rings. The molecule has 0 heterocycles. The number of benzene rings is 1. The number of hydrogen-bond donors (Lipinski definition) is 1. The van der Waals surface area contributed by atoms with Gasteiger partial charge >= 0.3 is 0 Å². The second kappa shape index (κ2) is 4.35. The molecule has 1 aromatic carbocycles. The molecule has 0 aliphatic carbocycles. The normalized spacial score (nSPS) is 14.8. The van der Waals surface area contributed by atoms with Crippen LogP contribution < -0.4 is 5.73 Å². The Labute approximate surface area is 102 Å². The molecule has 0 spiro atoms. The van der Waals surface area contributed by atoms with Gasteiger partial charge in [-0.3, -0.25) is 0 Å². The predicted octanol–water partition coefficient (Wildman–Crippen LogP) is 2.16. The summed E-state index contributed by atoms with van der Waals surface area (Å²) in [5, 5.41) is 0.492. The summed E-state index contributed by atoms with van der Waals surface area (Å²) in [6.07, 6.45) is 1.18. The molecular weight excluding hydrogens is 246 g/mol. The first kappa shape index (κ1) is 13.5. The van der Waals surface area contributed by atoms with Crippen LogP contribution in [0.3, 0.4) is 0 Å². The number of rotatable bonds is 3. The van der Waals surface area contributed by atoms with Gasteiger partial charge in [0.2, 0.25) is 0 Å².